The van der Waals surface area contributed by atoms with E-state index >= 15 is 0 Å². The first kappa shape index (κ1) is 23.1. The van der Waals surface area contributed by atoms with Gasteiger partial charge in [-0.1, -0.05) is 19.9 Å². The minimum Gasteiger partial charge on any atom is -0.393 e. The molecule has 27 heavy (non-hydrogen) atoms. The van der Waals surface area contributed by atoms with Crippen LogP contribution in [0.1, 0.15) is 40.5 Å². The van der Waals surface area contributed by atoms with Crippen molar-refractivity contribution in [2.45, 2.75) is 76.9 Å². The molecule has 0 spiro atoms. The molecule has 0 unspecified atom stereocenters. The van der Waals surface area contributed by atoms with E-state index in [4.69, 9.17) is 0 Å². The molecule has 154 valence electrons. The molecule has 0 saturated carbocycles. The summed E-state index contributed by atoms with van der Waals surface area (Å²) < 4.78 is 0. The molecule has 5 atom stereocenters. The Morgan fingerprint density at radius 2 is 1.96 bits per heavy atom. The molecule has 0 fully saturated rings. The first-order chi connectivity index (χ1) is 12.6. The summed E-state index contributed by atoms with van der Waals surface area (Å²) in [6.45, 7) is 7.13. The molecule has 0 aromatic carbocycles. The lowest BCUT2D eigenvalue weighted by atomic mass is 10.0. The minimum absolute atomic E-state index is 0.00190. The molecule has 3 amide bonds. The van der Waals surface area contributed by atoms with Crippen LogP contribution < -0.4 is 21.3 Å². The second kappa shape index (κ2) is 11.0. The minimum atomic E-state index is -0.964. The van der Waals surface area contributed by atoms with Crippen LogP contribution >= 0.6 is 0 Å². The Bertz CT molecular complexity index is 550. The maximum atomic E-state index is 12.6. The molecule has 0 aromatic heterocycles. The van der Waals surface area contributed by atoms with Gasteiger partial charge in [-0.05, 0) is 20.3 Å². The van der Waals surface area contributed by atoms with Crippen LogP contribution in [0.2, 0.25) is 0 Å². The number of aliphatic hydroxyl groups excluding tert-OH is 2. The van der Waals surface area contributed by atoms with E-state index in [1.807, 2.05) is 13.8 Å². The van der Waals surface area contributed by atoms with Gasteiger partial charge in [0.1, 0.15) is 12.1 Å². The van der Waals surface area contributed by atoms with Crippen molar-refractivity contribution < 1.29 is 24.6 Å². The van der Waals surface area contributed by atoms with E-state index < -0.39 is 42.1 Å². The number of rotatable bonds is 5. The number of aliphatic hydroxyl groups is 2. The van der Waals surface area contributed by atoms with E-state index in [0.717, 1.165) is 0 Å². The number of hydrogen-bond acceptors (Lipinski definition) is 6. The fraction of sp³-hybridized carbons (Fsp3) is 0.722. The highest BCUT2D eigenvalue weighted by Crippen LogP contribution is 2.06. The van der Waals surface area contributed by atoms with E-state index in [0.29, 0.717) is 0 Å². The van der Waals surface area contributed by atoms with Crippen LogP contribution in [0.15, 0.2) is 12.2 Å². The predicted octanol–water partition coefficient (Wildman–Crippen LogP) is -1.45. The third-order valence-electron chi connectivity index (χ3n) is 4.10. The second-order valence-electron chi connectivity index (χ2n) is 7.23. The lowest BCUT2D eigenvalue weighted by molar-refractivity contribution is -0.132. The summed E-state index contributed by atoms with van der Waals surface area (Å²) in [6.07, 6.45) is 1.27. The summed E-state index contributed by atoms with van der Waals surface area (Å²) >= 11 is 0. The van der Waals surface area contributed by atoms with Crippen LogP contribution in [0.4, 0.5) is 0 Å². The summed E-state index contributed by atoms with van der Waals surface area (Å²) in [5, 5.41) is 31.0. The first-order valence-electron chi connectivity index (χ1n) is 9.29. The van der Waals surface area contributed by atoms with Gasteiger partial charge in [-0.25, -0.2) is 0 Å². The van der Waals surface area contributed by atoms with Gasteiger partial charge in [0.05, 0.1) is 12.2 Å². The van der Waals surface area contributed by atoms with Gasteiger partial charge in [0.25, 0.3) is 0 Å². The molecule has 1 heterocycles. The molecular formula is C18H32N4O5. The molecule has 6 N–H and O–H groups in total. The number of carbonyl (C=O) groups excluding carboxylic acids is 3. The Hall–Kier alpha value is -1.97. The average Bonchev–Trinajstić information content (AvgIpc) is 2.55. The van der Waals surface area contributed by atoms with E-state index in [1.54, 1.807) is 13.0 Å². The topological polar surface area (TPSA) is 140 Å². The van der Waals surface area contributed by atoms with Crippen molar-refractivity contribution in [2.75, 3.05) is 6.54 Å². The van der Waals surface area contributed by atoms with Gasteiger partial charge in [0.15, 0.2) is 0 Å². The standard InChI is InChI=1S/C18H32N4O5/c1-10(2)20-16(12(4)23)18(27)22-14-9-13(24)7-8-19-15(25)6-5-11(3)21-17(14)26/h5-6,10-14,16,20,23-24H,7-9H2,1-4H3,(H,19,25)(H,21,26)(H,22,27)/b6-5+/t11-,12+,13-,14-,16-/m0/s1. The molecule has 0 saturated heterocycles. The first-order valence-corrected chi connectivity index (χ1v) is 9.29. The average molecular weight is 384 g/mol. The van der Waals surface area contributed by atoms with E-state index in [9.17, 15) is 24.6 Å². The van der Waals surface area contributed by atoms with E-state index in [1.165, 1.54) is 13.0 Å². The normalized spacial score (nSPS) is 28.2. The van der Waals surface area contributed by atoms with Gasteiger partial charge < -0.3 is 31.5 Å². The summed E-state index contributed by atoms with van der Waals surface area (Å²) in [4.78, 5) is 36.7. The molecule has 0 aliphatic carbocycles. The Morgan fingerprint density at radius 1 is 1.30 bits per heavy atom. The number of amides is 3. The highest BCUT2D eigenvalue weighted by molar-refractivity contribution is 5.90. The molecule has 0 bridgehead atoms. The van der Waals surface area contributed by atoms with Crippen LogP contribution in [-0.4, -0.2) is 70.9 Å². The Labute approximate surface area is 160 Å². The van der Waals surface area contributed by atoms with Crippen molar-refractivity contribution >= 4 is 17.7 Å². The molecular weight excluding hydrogens is 352 g/mol. The quantitative estimate of drug-likeness (QED) is 0.343. The van der Waals surface area contributed by atoms with Gasteiger partial charge in [-0.3, -0.25) is 14.4 Å². The smallest absolute Gasteiger partial charge is 0.243 e. The molecule has 1 aliphatic rings. The van der Waals surface area contributed by atoms with Crippen molar-refractivity contribution in [3.05, 3.63) is 12.2 Å². The largest absolute Gasteiger partial charge is 0.393 e. The van der Waals surface area contributed by atoms with E-state index in [-0.39, 0.29) is 31.3 Å². The number of carbonyl (C=O) groups is 3. The SMILES string of the molecule is CC(C)N[C@H](C(=O)N[C@H]1C[C@@H](O)CCNC(=O)/C=C/[C@H](C)NC1=O)[C@@H](C)O. The lowest BCUT2D eigenvalue weighted by Crippen LogP contribution is -2.58. The van der Waals surface area contributed by atoms with Gasteiger partial charge in [0, 0.05) is 31.1 Å². The molecule has 1 aliphatic heterocycles. The van der Waals surface area contributed by atoms with Crippen LogP contribution in [-0.2, 0) is 14.4 Å². The molecule has 9 heteroatoms. The fourth-order valence-corrected chi connectivity index (χ4v) is 2.70. The van der Waals surface area contributed by atoms with Crippen molar-refractivity contribution in [1.82, 2.24) is 21.3 Å². The third kappa shape index (κ3) is 8.51. The molecule has 0 radical (unpaired) electrons. The lowest BCUT2D eigenvalue weighted by Gasteiger charge is -2.27. The van der Waals surface area contributed by atoms with Crippen molar-refractivity contribution in [1.29, 1.82) is 0 Å². The maximum absolute atomic E-state index is 12.6. The summed E-state index contributed by atoms with van der Waals surface area (Å²) in [7, 11) is 0. The molecule has 9 nitrogen and oxygen atoms in total. The van der Waals surface area contributed by atoms with Crippen LogP contribution in [0, 0.1) is 0 Å². The van der Waals surface area contributed by atoms with Crippen LogP contribution in [0.25, 0.3) is 0 Å². The van der Waals surface area contributed by atoms with Gasteiger partial charge in [-0.15, -0.1) is 0 Å². The summed E-state index contributed by atoms with van der Waals surface area (Å²) in [5.41, 5.74) is 0. The zero-order chi connectivity index (χ0) is 20.6. The zero-order valence-electron chi connectivity index (χ0n) is 16.4. The Kier molecular flexibility index (Phi) is 9.40. The predicted molar refractivity (Wildman–Crippen MR) is 101 cm³/mol. The second-order valence-corrected chi connectivity index (χ2v) is 7.23. The van der Waals surface area contributed by atoms with Crippen LogP contribution in [0.3, 0.4) is 0 Å². The summed E-state index contributed by atoms with van der Waals surface area (Å²) in [5.74, 6) is -1.28. The third-order valence-corrected chi connectivity index (χ3v) is 4.10. The van der Waals surface area contributed by atoms with Crippen LogP contribution in [0.5, 0.6) is 0 Å². The highest BCUT2D eigenvalue weighted by atomic mass is 16.3. The van der Waals surface area contributed by atoms with Crippen molar-refractivity contribution in [2.24, 2.45) is 0 Å². The monoisotopic (exact) mass is 384 g/mol. The number of hydrogen-bond donors (Lipinski definition) is 6. The Morgan fingerprint density at radius 3 is 2.56 bits per heavy atom. The number of nitrogens with one attached hydrogen (secondary N) is 4. The fourth-order valence-electron chi connectivity index (χ4n) is 2.70. The Balaban J connectivity index is 2.92. The van der Waals surface area contributed by atoms with E-state index in [2.05, 4.69) is 21.3 Å². The highest BCUT2D eigenvalue weighted by Gasteiger charge is 2.30. The summed E-state index contributed by atoms with van der Waals surface area (Å²) in [6, 6.07) is -2.32. The van der Waals surface area contributed by atoms with Gasteiger partial charge in [0.2, 0.25) is 17.7 Å². The van der Waals surface area contributed by atoms with Gasteiger partial charge in [-0.2, -0.15) is 0 Å². The van der Waals surface area contributed by atoms with Crippen molar-refractivity contribution in [3.8, 4) is 0 Å². The maximum Gasteiger partial charge on any atom is 0.243 e. The zero-order valence-corrected chi connectivity index (χ0v) is 16.4. The van der Waals surface area contributed by atoms with Crippen molar-refractivity contribution in [3.63, 3.8) is 0 Å². The molecule has 0 aromatic rings. The molecule has 1 rings (SSSR count). The van der Waals surface area contributed by atoms with Gasteiger partial charge >= 0.3 is 0 Å².